The van der Waals surface area contributed by atoms with Crippen molar-refractivity contribution in [2.45, 2.75) is 65.7 Å². The Kier molecular flexibility index (Phi) is 16.4. The number of aryl methyl sites for hydroxylation is 1. The second-order valence-corrected chi connectivity index (χ2v) is 20.4. The Morgan fingerprint density at radius 2 is 0.875 bits per heavy atom. The number of nitrogens with zero attached hydrogens (tertiary/aromatic N) is 2. The zero-order valence-corrected chi connectivity index (χ0v) is 47.4. The number of hydrogen-bond donors (Lipinski definition) is 0. The molecule has 0 bridgehead atoms. The number of hydrogen-bond acceptors (Lipinski definition) is 2. The molecule has 80 heavy (non-hydrogen) atoms. The third-order valence-corrected chi connectivity index (χ3v) is 15.9. The lowest BCUT2D eigenvalue weighted by Crippen LogP contribution is -2.45. The maximum atomic E-state index is 3.48. The predicted molar refractivity (Wildman–Crippen MR) is 345 cm³/mol. The quantitative estimate of drug-likeness (QED) is 0.0889. The van der Waals surface area contributed by atoms with Crippen molar-refractivity contribution in [2.75, 3.05) is 9.80 Å². The third-order valence-electron chi connectivity index (χ3n) is 15.9. The van der Waals surface area contributed by atoms with Gasteiger partial charge in [0.05, 0.1) is 10.8 Å². The van der Waals surface area contributed by atoms with Gasteiger partial charge >= 0.3 is 0 Å². The van der Waals surface area contributed by atoms with Crippen LogP contribution in [0, 0.1) is 6.92 Å². The van der Waals surface area contributed by atoms with Gasteiger partial charge in [0.1, 0.15) is 0 Å². The van der Waals surface area contributed by atoms with Gasteiger partial charge in [-0.2, -0.15) is 0 Å². The highest BCUT2D eigenvalue weighted by Gasteiger charge is 2.55. The Bertz CT molecular complexity index is 3750. The van der Waals surface area contributed by atoms with Gasteiger partial charge < -0.3 is 9.80 Å². The zero-order chi connectivity index (χ0) is 55.6. The van der Waals surface area contributed by atoms with Crippen LogP contribution in [-0.2, 0) is 10.8 Å². The van der Waals surface area contributed by atoms with Crippen LogP contribution >= 0.6 is 0 Å². The van der Waals surface area contributed by atoms with E-state index in [-0.39, 0.29) is 0 Å². The summed E-state index contributed by atoms with van der Waals surface area (Å²) in [4.78, 5) is 4.71. The smallest absolute Gasteiger partial charge is 0.0674 e. The van der Waals surface area contributed by atoms with E-state index in [2.05, 4.69) is 330 Å². The standard InChI is InChI=1S/C72H58N2.C4H8.C2H6/c1-5-6-26-52(3)71(65-36-21-19-25-51(65)2)67-38-23-24-39-68(67)72(53(4)48-56-27-20-22-37-66(56)72)69-47-42-55(49-70(69)71)64-50-62(74(59-32-15-9-16-33-59)60-34-17-10-18-35-60)45-46-63(64)54-40-43-61(44-41-54)73(57-28-11-7-12-29-57)58-30-13-8-14-31-58;1-3-4-2;1-2/h5-50H,1-4H3;3H,1,4H2,2H3;1-2H3/b6-5-,52-26+;;. The van der Waals surface area contributed by atoms with Crippen LogP contribution in [0.4, 0.5) is 34.1 Å². The molecular formula is C78H72N2. The fraction of sp³-hybridized carbons (Fsp3) is 0.128. The molecule has 0 fully saturated rings. The van der Waals surface area contributed by atoms with Crippen molar-refractivity contribution in [3.8, 4) is 22.3 Å². The Morgan fingerprint density at radius 1 is 0.438 bits per heavy atom. The summed E-state index contributed by atoms with van der Waals surface area (Å²) in [5, 5.41) is 0. The molecule has 10 aromatic rings. The summed E-state index contributed by atoms with van der Waals surface area (Å²) >= 11 is 0. The van der Waals surface area contributed by atoms with Crippen LogP contribution in [0.5, 0.6) is 0 Å². The summed E-state index contributed by atoms with van der Waals surface area (Å²) in [6.45, 7) is 18.6. The largest absolute Gasteiger partial charge is 0.311 e. The summed E-state index contributed by atoms with van der Waals surface area (Å²) in [6, 6.07) is 93.9. The predicted octanol–water partition coefficient (Wildman–Crippen LogP) is 21.8. The fourth-order valence-corrected chi connectivity index (χ4v) is 12.5. The Labute approximate surface area is 476 Å². The first-order valence-corrected chi connectivity index (χ1v) is 28.4. The summed E-state index contributed by atoms with van der Waals surface area (Å²) < 4.78 is 0. The highest BCUT2D eigenvalue weighted by molar-refractivity contribution is 5.92. The van der Waals surface area contributed by atoms with Crippen molar-refractivity contribution in [2.24, 2.45) is 0 Å². The molecule has 394 valence electrons. The topological polar surface area (TPSA) is 6.48 Å². The Balaban J connectivity index is 0.00000115. The molecule has 0 radical (unpaired) electrons. The number of benzene rings is 10. The molecule has 0 aromatic heterocycles. The second-order valence-electron chi connectivity index (χ2n) is 20.4. The van der Waals surface area contributed by atoms with Crippen LogP contribution in [0.25, 0.3) is 28.3 Å². The molecule has 0 heterocycles. The Morgan fingerprint density at radius 3 is 1.41 bits per heavy atom. The van der Waals surface area contributed by atoms with Gasteiger partial charge in [0.2, 0.25) is 0 Å². The van der Waals surface area contributed by atoms with Crippen LogP contribution in [0.15, 0.2) is 297 Å². The van der Waals surface area contributed by atoms with Gasteiger partial charge in [-0.3, -0.25) is 0 Å². The molecule has 2 atom stereocenters. The summed E-state index contributed by atoms with van der Waals surface area (Å²) in [5.41, 5.74) is 23.0. The molecule has 0 amide bonds. The molecule has 0 saturated heterocycles. The van der Waals surface area contributed by atoms with E-state index < -0.39 is 10.8 Å². The minimum Gasteiger partial charge on any atom is -0.311 e. The average Bonchev–Trinajstić information content (AvgIpc) is 3.26. The molecule has 12 rings (SSSR count). The van der Waals surface area contributed by atoms with E-state index in [1.165, 1.54) is 55.7 Å². The molecular weight excluding hydrogens is 965 g/mol. The van der Waals surface area contributed by atoms with Crippen molar-refractivity contribution in [1.82, 2.24) is 0 Å². The molecule has 2 aliphatic carbocycles. The molecule has 0 saturated carbocycles. The number of anilines is 6. The van der Waals surface area contributed by atoms with E-state index in [9.17, 15) is 0 Å². The normalized spacial score (nSPS) is 15.7. The Hall–Kier alpha value is -9.24. The maximum absolute atomic E-state index is 3.48. The van der Waals surface area contributed by atoms with Gasteiger partial charge in [-0.1, -0.05) is 238 Å². The van der Waals surface area contributed by atoms with Gasteiger partial charge in [-0.05, 0) is 180 Å². The molecule has 2 unspecified atom stereocenters. The summed E-state index contributed by atoms with van der Waals surface area (Å²) in [7, 11) is 0. The van der Waals surface area contributed by atoms with Gasteiger partial charge in [0.25, 0.3) is 0 Å². The third kappa shape index (κ3) is 9.66. The van der Waals surface area contributed by atoms with Crippen LogP contribution in [0.2, 0.25) is 0 Å². The van der Waals surface area contributed by atoms with Crippen LogP contribution < -0.4 is 9.80 Å². The molecule has 1 spiro atoms. The lowest BCUT2D eigenvalue weighted by Gasteiger charge is -2.51. The SMILES string of the molecule is C/C=C\C=C(/C)C1(c2ccccc2C)c2ccccc2C2(C(C)=Cc3ccccc32)c2ccc(-c3cc(N(c4ccccc4)c4ccccc4)ccc3-c3ccc(N(c4ccccc4)c4ccccc4)cc3)cc21.C=CCC.CC. The number of fused-ring (bicyclic) bond motifs is 6. The minimum atomic E-state index is -0.645. The molecule has 2 heteroatoms. The van der Waals surface area contributed by atoms with Gasteiger partial charge in [-0.25, -0.2) is 0 Å². The number of rotatable bonds is 12. The van der Waals surface area contributed by atoms with Crippen molar-refractivity contribution in [1.29, 1.82) is 0 Å². The fourth-order valence-electron chi connectivity index (χ4n) is 12.5. The summed E-state index contributed by atoms with van der Waals surface area (Å²) in [5.74, 6) is 0. The lowest BCUT2D eigenvalue weighted by atomic mass is 9.50. The van der Waals surface area contributed by atoms with Gasteiger partial charge in [0.15, 0.2) is 0 Å². The zero-order valence-electron chi connectivity index (χ0n) is 47.4. The van der Waals surface area contributed by atoms with Crippen LogP contribution in [0.3, 0.4) is 0 Å². The van der Waals surface area contributed by atoms with Crippen LogP contribution in [-0.4, -0.2) is 0 Å². The first-order valence-electron chi connectivity index (χ1n) is 28.4. The summed E-state index contributed by atoms with van der Waals surface area (Å²) in [6.07, 6.45) is 12.1. The van der Waals surface area contributed by atoms with Crippen LogP contribution in [0.1, 0.15) is 92.5 Å². The first kappa shape index (κ1) is 54.1. The van der Waals surface area contributed by atoms with E-state index in [0.29, 0.717) is 0 Å². The molecule has 2 nitrogen and oxygen atoms in total. The molecule has 0 N–H and O–H groups in total. The van der Waals surface area contributed by atoms with Crippen molar-refractivity contribution in [3.63, 3.8) is 0 Å². The maximum Gasteiger partial charge on any atom is 0.0674 e. The van der Waals surface area contributed by atoms with E-state index in [1.54, 1.807) is 0 Å². The van der Waals surface area contributed by atoms with Gasteiger partial charge in [0, 0.05) is 34.1 Å². The number of para-hydroxylation sites is 4. The van der Waals surface area contributed by atoms with E-state index in [4.69, 9.17) is 0 Å². The van der Waals surface area contributed by atoms with Crippen molar-refractivity contribution < 1.29 is 0 Å². The molecule has 10 aromatic carbocycles. The highest BCUT2D eigenvalue weighted by atomic mass is 15.1. The minimum absolute atomic E-state index is 0.505. The number of allylic oxidation sites excluding steroid dienone is 6. The van der Waals surface area contributed by atoms with Gasteiger partial charge in [-0.15, -0.1) is 6.58 Å². The monoisotopic (exact) mass is 1040 g/mol. The second kappa shape index (κ2) is 24.2. The van der Waals surface area contributed by atoms with Crippen molar-refractivity contribution >= 4 is 40.2 Å². The van der Waals surface area contributed by atoms with Crippen molar-refractivity contribution in [3.05, 3.63) is 341 Å². The van der Waals surface area contributed by atoms with E-state index in [0.717, 1.165) is 62.8 Å². The first-order chi connectivity index (χ1) is 39.3. The molecule has 0 aliphatic heterocycles. The highest BCUT2D eigenvalue weighted by Crippen LogP contribution is 2.63. The average molecular weight is 1040 g/mol. The van der Waals surface area contributed by atoms with E-state index >= 15 is 0 Å². The molecule has 2 aliphatic rings. The van der Waals surface area contributed by atoms with E-state index in [1.807, 2.05) is 19.9 Å². The lowest BCUT2D eigenvalue weighted by molar-refractivity contribution is 0.604.